The zero-order valence-corrected chi connectivity index (χ0v) is 17.0. The summed E-state index contributed by atoms with van der Waals surface area (Å²) in [5.41, 5.74) is 1.27. The number of aromatic nitrogens is 2. The fourth-order valence-corrected chi connectivity index (χ4v) is 4.15. The van der Waals surface area contributed by atoms with Crippen molar-refractivity contribution in [2.24, 2.45) is 4.99 Å². The highest BCUT2D eigenvalue weighted by Crippen LogP contribution is 2.33. The average Bonchev–Trinajstić information content (AvgIpc) is 3.34. The molecule has 1 saturated carbocycles. The Morgan fingerprint density at radius 3 is 2.82 bits per heavy atom. The number of imidazole rings is 1. The van der Waals surface area contributed by atoms with E-state index >= 15 is 0 Å². The van der Waals surface area contributed by atoms with Crippen LogP contribution in [-0.2, 0) is 13.1 Å². The van der Waals surface area contributed by atoms with Gasteiger partial charge in [0.05, 0.1) is 0 Å². The van der Waals surface area contributed by atoms with Crippen LogP contribution >= 0.6 is 0 Å². The van der Waals surface area contributed by atoms with E-state index in [1.807, 2.05) is 18.5 Å². The van der Waals surface area contributed by atoms with Gasteiger partial charge in [0.25, 0.3) is 0 Å². The maximum absolute atomic E-state index is 4.82. The zero-order chi connectivity index (χ0) is 19.3. The maximum Gasteiger partial charge on any atom is 0.191 e. The molecule has 0 amide bonds. The Morgan fingerprint density at radius 2 is 2.07 bits per heavy atom. The Kier molecular flexibility index (Phi) is 5.95. The van der Waals surface area contributed by atoms with Crippen molar-refractivity contribution in [2.75, 3.05) is 13.1 Å². The van der Waals surface area contributed by atoms with E-state index in [2.05, 4.69) is 63.2 Å². The van der Waals surface area contributed by atoms with Gasteiger partial charge < -0.3 is 15.2 Å². The quantitative estimate of drug-likeness (QED) is 0.573. The molecule has 2 atom stereocenters. The second-order valence-corrected chi connectivity index (χ2v) is 8.01. The van der Waals surface area contributed by atoms with Gasteiger partial charge in [-0.25, -0.2) is 9.98 Å². The van der Waals surface area contributed by atoms with Crippen molar-refractivity contribution in [2.45, 2.75) is 64.3 Å². The van der Waals surface area contributed by atoms with Crippen LogP contribution in [0.2, 0.25) is 0 Å². The second kappa shape index (κ2) is 8.78. The number of likely N-dealkylation sites (tertiary alicyclic amines) is 1. The number of benzene rings is 1. The fraction of sp³-hybridized carbons (Fsp3) is 0.545. The van der Waals surface area contributed by atoms with Gasteiger partial charge in [-0.05, 0) is 38.7 Å². The van der Waals surface area contributed by atoms with Crippen molar-refractivity contribution in [3.8, 4) is 0 Å². The molecule has 6 heteroatoms. The summed E-state index contributed by atoms with van der Waals surface area (Å²) in [5.74, 6) is 1.88. The molecule has 1 aromatic heterocycles. The van der Waals surface area contributed by atoms with Crippen LogP contribution in [-0.4, -0.2) is 51.6 Å². The van der Waals surface area contributed by atoms with Gasteiger partial charge in [0, 0.05) is 50.2 Å². The molecule has 1 aliphatic carbocycles. The first-order valence-corrected chi connectivity index (χ1v) is 10.6. The van der Waals surface area contributed by atoms with Crippen LogP contribution in [0, 0.1) is 0 Å². The van der Waals surface area contributed by atoms with E-state index in [0.29, 0.717) is 18.6 Å². The van der Waals surface area contributed by atoms with Gasteiger partial charge >= 0.3 is 0 Å². The molecule has 2 aliphatic rings. The van der Waals surface area contributed by atoms with Crippen molar-refractivity contribution in [1.29, 1.82) is 0 Å². The van der Waals surface area contributed by atoms with Gasteiger partial charge in [-0.2, -0.15) is 0 Å². The first-order valence-electron chi connectivity index (χ1n) is 10.6. The minimum Gasteiger partial charge on any atom is -0.357 e. The summed E-state index contributed by atoms with van der Waals surface area (Å²) in [7, 11) is 0. The third-order valence-electron chi connectivity index (χ3n) is 5.70. The highest BCUT2D eigenvalue weighted by atomic mass is 15.3. The topological polar surface area (TPSA) is 57.5 Å². The largest absolute Gasteiger partial charge is 0.357 e. The van der Waals surface area contributed by atoms with E-state index in [0.717, 1.165) is 37.5 Å². The predicted molar refractivity (Wildman–Crippen MR) is 113 cm³/mol. The van der Waals surface area contributed by atoms with Crippen molar-refractivity contribution >= 4 is 5.96 Å². The highest BCUT2D eigenvalue weighted by molar-refractivity contribution is 5.80. The van der Waals surface area contributed by atoms with E-state index in [9.17, 15) is 0 Å². The summed E-state index contributed by atoms with van der Waals surface area (Å²) in [6.07, 6.45) is 7.82. The molecule has 2 fully saturated rings. The van der Waals surface area contributed by atoms with Gasteiger partial charge in [-0.3, -0.25) is 4.90 Å². The maximum atomic E-state index is 4.82. The van der Waals surface area contributed by atoms with Gasteiger partial charge in [0.2, 0.25) is 0 Å². The van der Waals surface area contributed by atoms with Crippen molar-refractivity contribution in [1.82, 2.24) is 25.1 Å². The Bertz CT molecular complexity index is 779. The molecule has 1 aromatic carbocycles. The van der Waals surface area contributed by atoms with Crippen LogP contribution in [0.5, 0.6) is 0 Å². The lowest BCUT2D eigenvalue weighted by molar-refractivity contribution is 0.256. The SMILES string of the molecule is CCNC(=NCc1nccn1Cc1ccccc1)NC1CC(C)N(C2CC2)C1. The zero-order valence-electron chi connectivity index (χ0n) is 17.0. The minimum absolute atomic E-state index is 0.470. The smallest absolute Gasteiger partial charge is 0.191 e. The summed E-state index contributed by atoms with van der Waals surface area (Å²) >= 11 is 0. The van der Waals surface area contributed by atoms with Crippen molar-refractivity contribution in [3.63, 3.8) is 0 Å². The number of hydrogen-bond donors (Lipinski definition) is 2. The Labute approximate surface area is 168 Å². The molecular formula is C22H32N6. The Hall–Kier alpha value is -2.34. The van der Waals surface area contributed by atoms with E-state index in [1.54, 1.807) is 0 Å². The average molecular weight is 381 g/mol. The van der Waals surface area contributed by atoms with Crippen molar-refractivity contribution < 1.29 is 0 Å². The number of rotatable bonds is 7. The van der Waals surface area contributed by atoms with Gasteiger partial charge in [-0.1, -0.05) is 30.3 Å². The minimum atomic E-state index is 0.470. The van der Waals surface area contributed by atoms with E-state index in [-0.39, 0.29) is 0 Å². The molecule has 1 aliphatic heterocycles. The monoisotopic (exact) mass is 380 g/mol. The number of nitrogens with one attached hydrogen (secondary N) is 2. The van der Waals surface area contributed by atoms with E-state index in [1.165, 1.54) is 24.8 Å². The van der Waals surface area contributed by atoms with Crippen LogP contribution in [0.15, 0.2) is 47.7 Å². The third-order valence-corrected chi connectivity index (χ3v) is 5.70. The molecule has 0 spiro atoms. The molecule has 0 bridgehead atoms. The Morgan fingerprint density at radius 1 is 1.25 bits per heavy atom. The molecule has 28 heavy (non-hydrogen) atoms. The van der Waals surface area contributed by atoms with Crippen LogP contribution in [0.1, 0.15) is 44.5 Å². The summed E-state index contributed by atoms with van der Waals surface area (Å²) in [6.45, 7) is 7.85. The standard InChI is InChI=1S/C22H32N6/c1-3-23-22(26-19-13-17(2)28(16-19)20-9-10-20)25-14-21-24-11-12-27(21)15-18-7-5-4-6-8-18/h4-8,11-12,17,19-20H,3,9-10,13-16H2,1-2H3,(H2,23,25,26). The number of aliphatic imine (C=N–C) groups is 1. The normalized spacial score (nSPS) is 23.1. The highest BCUT2D eigenvalue weighted by Gasteiger charge is 2.38. The first kappa shape index (κ1) is 19.0. The van der Waals surface area contributed by atoms with Crippen LogP contribution in [0.4, 0.5) is 0 Å². The second-order valence-electron chi connectivity index (χ2n) is 8.01. The van der Waals surface area contributed by atoms with Gasteiger partial charge in [-0.15, -0.1) is 0 Å². The fourth-order valence-electron chi connectivity index (χ4n) is 4.15. The molecule has 2 N–H and O–H groups in total. The van der Waals surface area contributed by atoms with Crippen LogP contribution < -0.4 is 10.6 Å². The molecule has 2 heterocycles. The van der Waals surface area contributed by atoms with Crippen LogP contribution in [0.3, 0.4) is 0 Å². The number of guanidine groups is 1. The summed E-state index contributed by atoms with van der Waals surface area (Å²) < 4.78 is 2.18. The molecule has 150 valence electrons. The molecule has 1 saturated heterocycles. The number of hydrogen-bond acceptors (Lipinski definition) is 3. The summed E-state index contributed by atoms with van der Waals surface area (Å²) in [5, 5.41) is 7.05. The first-order chi connectivity index (χ1) is 13.7. The lowest BCUT2D eigenvalue weighted by atomic mass is 10.2. The predicted octanol–water partition coefficient (Wildman–Crippen LogP) is 2.61. The molecule has 0 radical (unpaired) electrons. The van der Waals surface area contributed by atoms with Crippen molar-refractivity contribution in [3.05, 3.63) is 54.1 Å². The molecule has 6 nitrogen and oxygen atoms in total. The molecule has 2 aromatic rings. The molecular weight excluding hydrogens is 348 g/mol. The lowest BCUT2D eigenvalue weighted by Crippen LogP contribution is -2.44. The third kappa shape index (κ3) is 4.73. The van der Waals surface area contributed by atoms with E-state index < -0.39 is 0 Å². The summed E-state index contributed by atoms with van der Waals surface area (Å²) in [6, 6.07) is 12.4. The Balaban J connectivity index is 1.38. The van der Waals surface area contributed by atoms with Crippen LogP contribution in [0.25, 0.3) is 0 Å². The molecule has 2 unspecified atom stereocenters. The lowest BCUT2D eigenvalue weighted by Gasteiger charge is -2.20. The summed E-state index contributed by atoms with van der Waals surface area (Å²) in [4.78, 5) is 12.0. The van der Waals surface area contributed by atoms with Gasteiger partial charge in [0.15, 0.2) is 5.96 Å². The number of nitrogens with zero attached hydrogens (tertiary/aromatic N) is 4. The molecule has 4 rings (SSSR count). The van der Waals surface area contributed by atoms with Gasteiger partial charge in [0.1, 0.15) is 12.4 Å². The van der Waals surface area contributed by atoms with E-state index in [4.69, 9.17) is 4.99 Å².